The lowest BCUT2D eigenvalue weighted by molar-refractivity contribution is -0.383. The quantitative estimate of drug-likeness (QED) is 0.408. The number of hydrogen-bond donors (Lipinski definition) is 2. The molecular formula is C11H20N6O3. The number of hydrazine groups is 1. The topological polar surface area (TPSA) is 119 Å². The van der Waals surface area contributed by atoms with Gasteiger partial charge in [0.2, 0.25) is 11.6 Å². The van der Waals surface area contributed by atoms with Crippen LogP contribution in [0.25, 0.3) is 0 Å². The number of nitro groups is 1. The van der Waals surface area contributed by atoms with Gasteiger partial charge in [-0.2, -0.15) is 0 Å². The number of methoxy groups -OCH3 is 1. The third-order valence-electron chi connectivity index (χ3n) is 2.57. The van der Waals surface area contributed by atoms with Crippen molar-refractivity contribution in [1.82, 2.24) is 9.97 Å². The maximum absolute atomic E-state index is 11.2. The molecule has 0 atom stereocenters. The van der Waals surface area contributed by atoms with Crippen LogP contribution in [0.5, 0.6) is 0 Å². The second-order valence-corrected chi connectivity index (χ2v) is 4.63. The van der Waals surface area contributed by atoms with Gasteiger partial charge in [0, 0.05) is 20.2 Å². The Bertz CT molecular complexity index is 454. The Labute approximate surface area is 117 Å². The first-order valence-corrected chi connectivity index (χ1v) is 6.21. The van der Waals surface area contributed by atoms with Crippen molar-refractivity contribution in [3.05, 3.63) is 16.4 Å². The van der Waals surface area contributed by atoms with Gasteiger partial charge in [0.15, 0.2) is 0 Å². The zero-order chi connectivity index (χ0) is 15.1. The standard InChI is InChI=1S/C11H20N6O3/c1-8(2)6-16(4-5-20-3)11-9(17(18)19)10(15-12)13-7-14-11/h7-8H,4-6,12H2,1-3H3,(H,13,14,15). The molecule has 1 rings (SSSR count). The molecule has 0 saturated heterocycles. The molecule has 0 aromatic carbocycles. The maximum Gasteiger partial charge on any atom is 0.354 e. The highest BCUT2D eigenvalue weighted by Gasteiger charge is 2.26. The Morgan fingerprint density at radius 2 is 2.25 bits per heavy atom. The van der Waals surface area contributed by atoms with Crippen LogP contribution in [-0.4, -0.2) is 41.7 Å². The number of nitrogen functional groups attached to an aromatic ring is 1. The lowest BCUT2D eigenvalue weighted by atomic mass is 10.2. The van der Waals surface area contributed by atoms with Gasteiger partial charge in [-0.1, -0.05) is 13.8 Å². The molecule has 0 aliphatic heterocycles. The number of nitrogens with zero attached hydrogens (tertiary/aromatic N) is 4. The zero-order valence-electron chi connectivity index (χ0n) is 11.9. The van der Waals surface area contributed by atoms with Crippen LogP contribution in [0.1, 0.15) is 13.8 Å². The molecule has 9 heteroatoms. The number of nitrogens with one attached hydrogen (secondary N) is 1. The van der Waals surface area contributed by atoms with Crippen LogP contribution in [0.15, 0.2) is 6.33 Å². The zero-order valence-corrected chi connectivity index (χ0v) is 11.9. The minimum absolute atomic E-state index is 0.00817. The minimum Gasteiger partial charge on any atom is -0.383 e. The highest BCUT2D eigenvalue weighted by molar-refractivity contribution is 5.69. The first-order valence-electron chi connectivity index (χ1n) is 6.21. The van der Waals surface area contributed by atoms with Crippen molar-refractivity contribution in [3.63, 3.8) is 0 Å². The van der Waals surface area contributed by atoms with Crippen molar-refractivity contribution >= 4 is 17.3 Å². The van der Waals surface area contributed by atoms with E-state index in [2.05, 4.69) is 15.4 Å². The normalized spacial score (nSPS) is 10.7. The van der Waals surface area contributed by atoms with Crippen LogP contribution < -0.4 is 16.2 Å². The van der Waals surface area contributed by atoms with E-state index < -0.39 is 4.92 Å². The van der Waals surface area contributed by atoms with Gasteiger partial charge in [0.05, 0.1) is 11.5 Å². The van der Waals surface area contributed by atoms with E-state index in [0.717, 1.165) is 0 Å². The molecule has 20 heavy (non-hydrogen) atoms. The fourth-order valence-electron chi connectivity index (χ4n) is 1.80. The molecule has 0 radical (unpaired) electrons. The van der Waals surface area contributed by atoms with Crippen molar-refractivity contribution in [1.29, 1.82) is 0 Å². The molecule has 3 N–H and O–H groups in total. The van der Waals surface area contributed by atoms with E-state index in [1.165, 1.54) is 6.33 Å². The number of ether oxygens (including phenoxy) is 1. The molecule has 0 unspecified atom stereocenters. The Balaban J connectivity index is 3.20. The van der Waals surface area contributed by atoms with Crippen LogP contribution in [0.4, 0.5) is 17.3 Å². The average molecular weight is 284 g/mol. The summed E-state index contributed by atoms with van der Waals surface area (Å²) in [6, 6.07) is 0. The van der Waals surface area contributed by atoms with Gasteiger partial charge < -0.3 is 15.1 Å². The first kappa shape index (κ1) is 16.1. The van der Waals surface area contributed by atoms with E-state index in [0.29, 0.717) is 25.6 Å². The van der Waals surface area contributed by atoms with Gasteiger partial charge in [0.1, 0.15) is 6.33 Å². The molecule has 1 aromatic heterocycles. The Hall–Kier alpha value is -2.00. The van der Waals surface area contributed by atoms with Crippen molar-refractivity contribution in [2.24, 2.45) is 11.8 Å². The molecule has 0 aliphatic carbocycles. The van der Waals surface area contributed by atoms with Crippen LogP contribution in [0.3, 0.4) is 0 Å². The molecule has 1 aromatic rings. The summed E-state index contributed by atoms with van der Waals surface area (Å²) in [7, 11) is 1.58. The second kappa shape index (κ2) is 7.56. The summed E-state index contributed by atoms with van der Waals surface area (Å²) in [5.74, 6) is 5.82. The van der Waals surface area contributed by atoms with Gasteiger partial charge in [-0.25, -0.2) is 15.8 Å². The molecule has 0 saturated carbocycles. The molecule has 112 valence electrons. The molecular weight excluding hydrogens is 264 g/mol. The lowest BCUT2D eigenvalue weighted by Gasteiger charge is -2.25. The summed E-state index contributed by atoms with van der Waals surface area (Å²) in [6.07, 6.45) is 1.25. The predicted octanol–water partition coefficient (Wildman–Crippen LogP) is 0.779. The van der Waals surface area contributed by atoms with Crippen molar-refractivity contribution < 1.29 is 9.66 Å². The fraction of sp³-hybridized carbons (Fsp3) is 0.636. The van der Waals surface area contributed by atoms with Crippen molar-refractivity contribution in [2.45, 2.75) is 13.8 Å². The third kappa shape index (κ3) is 4.00. The highest BCUT2D eigenvalue weighted by Crippen LogP contribution is 2.31. The van der Waals surface area contributed by atoms with Crippen LogP contribution in [0.2, 0.25) is 0 Å². The second-order valence-electron chi connectivity index (χ2n) is 4.63. The van der Waals surface area contributed by atoms with E-state index in [-0.39, 0.29) is 17.3 Å². The van der Waals surface area contributed by atoms with Gasteiger partial charge in [-0.15, -0.1) is 0 Å². The summed E-state index contributed by atoms with van der Waals surface area (Å²) in [5.41, 5.74) is 2.00. The number of hydrogen-bond acceptors (Lipinski definition) is 8. The predicted molar refractivity (Wildman–Crippen MR) is 75.4 cm³/mol. The van der Waals surface area contributed by atoms with Crippen molar-refractivity contribution in [2.75, 3.05) is 37.1 Å². The number of aromatic nitrogens is 2. The molecule has 0 spiro atoms. The highest BCUT2D eigenvalue weighted by atomic mass is 16.6. The Morgan fingerprint density at radius 3 is 2.75 bits per heavy atom. The van der Waals surface area contributed by atoms with E-state index >= 15 is 0 Å². The Morgan fingerprint density at radius 1 is 1.55 bits per heavy atom. The van der Waals surface area contributed by atoms with E-state index in [1.54, 1.807) is 12.0 Å². The van der Waals surface area contributed by atoms with Gasteiger partial charge in [-0.05, 0) is 5.92 Å². The largest absolute Gasteiger partial charge is 0.383 e. The van der Waals surface area contributed by atoms with E-state index in [1.807, 2.05) is 13.8 Å². The molecule has 0 bridgehead atoms. The molecule has 0 amide bonds. The van der Waals surface area contributed by atoms with E-state index in [4.69, 9.17) is 10.6 Å². The van der Waals surface area contributed by atoms with Crippen LogP contribution in [0, 0.1) is 16.0 Å². The van der Waals surface area contributed by atoms with Crippen LogP contribution >= 0.6 is 0 Å². The molecule has 0 aliphatic rings. The van der Waals surface area contributed by atoms with Gasteiger partial charge in [-0.3, -0.25) is 10.1 Å². The fourth-order valence-corrected chi connectivity index (χ4v) is 1.80. The molecule has 0 fully saturated rings. The summed E-state index contributed by atoms with van der Waals surface area (Å²) in [6.45, 7) is 5.60. The summed E-state index contributed by atoms with van der Waals surface area (Å²) >= 11 is 0. The Kier molecular flexibility index (Phi) is 6.07. The third-order valence-corrected chi connectivity index (χ3v) is 2.57. The molecule has 1 heterocycles. The average Bonchev–Trinajstić information content (AvgIpc) is 2.41. The van der Waals surface area contributed by atoms with Crippen molar-refractivity contribution in [3.8, 4) is 0 Å². The van der Waals surface area contributed by atoms with Crippen LogP contribution in [-0.2, 0) is 4.74 Å². The monoisotopic (exact) mass is 284 g/mol. The summed E-state index contributed by atoms with van der Waals surface area (Å²) < 4.78 is 5.04. The SMILES string of the molecule is COCCN(CC(C)C)c1ncnc(NN)c1[N+](=O)[O-]. The number of anilines is 2. The number of rotatable bonds is 8. The number of nitrogens with two attached hydrogens (primary N) is 1. The summed E-state index contributed by atoms with van der Waals surface area (Å²) in [4.78, 5) is 20.3. The molecule has 9 nitrogen and oxygen atoms in total. The smallest absolute Gasteiger partial charge is 0.354 e. The lowest BCUT2D eigenvalue weighted by Crippen LogP contribution is -2.32. The minimum atomic E-state index is -0.537. The summed E-state index contributed by atoms with van der Waals surface area (Å²) in [5, 5.41) is 11.2. The maximum atomic E-state index is 11.2. The van der Waals surface area contributed by atoms with E-state index in [9.17, 15) is 10.1 Å². The van der Waals surface area contributed by atoms with Gasteiger partial charge >= 0.3 is 5.69 Å². The first-order chi connectivity index (χ1) is 9.51. The van der Waals surface area contributed by atoms with Gasteiger partial charge in [0.25, 0.3) is 0 Å².